The number of aliphatic hydroxyl groups is 2. The summed E-state index contributed by atoms with van der Waals surface area (Å²) in [5.74, 6) is -0.273. The van der Waals surface area contributed by atoms with Crippen LogP contribution in [0.25, 0.3) is 0 Å². The van der Waals surface area contributed by atoms with Crippen molar-refractivity contribution in [3.63, 3.8) is 0 Å². The summed E-state index contributed by atoms with van der Waals surface area (Å²) in [6.45, 7) is 16.7. The van der Waals surface area contributed by atoms with Gasteiger partial charge in [-0.05, 0) is 94.4 Å². The maximum atomic E-state index is 14.4. The highest BCUT2D eigenvalue weighted by atomic mass is 127. The average Bonchev–Trinajstić information content (AvgIpc) is 3.77. The maximum Gasteiger partial charge on any atom is 0.297 e. The lowest BCUT2D eigenvalue weighted by Crippen LogP contribution is -2.65. The number of aryl methyl sites for hydroxylation is 1. The number of alkyl halides is 1. The molecule has 9 bridgehead atoms. The van der Waals surface area contributed by atoms with Crippen molar-refractivity contribution in [2.24, 2.45) is 17.8 Å². The van der Waals surface area contributed by atoms with E-state index in [1.165, 1.54) is 12.1 Å². The number of Topliss-reactive ketones (excluding diaryl/α,β-unsaturated/α-hetero) is 1. The van der Waals surface area contributed by atoms with Crippen molar-refractivity contribution in [1.82, 2.24) is 0 Å². The molecule has 19 atom stereocenters. The molecule has 7 saturated heterocycles. The van der Waals surface area contributed by atoms with Crippen LogP contribution in [0.4, 0.5) is 0 Å². The number of halogens is 1. The van der Waals surface area contributed by atoms with Crippen LogP contribution in [0.2, 0.25) is 0 Å². The quantitative estimate of drug-likeness (QED) is 0.126. The fourth-order valence-electron chi connectivity index (χ4n) is 11.7. The second-order valence-electron chi connectivity index (χ2n) is 20.4. The van der Waals surface area contributed by atoms with E-state index in [1.807, 2.05) is 6.92 Å². The highest BCUT2D eigenvalue weighted by Crippen LogP contribution is 2.47. The molecule has 8 rings (SSSR count). The monoisotopic (exact) mass is 1030 g/mol. The first-order valence-electron chi connectivity index (χ1n) is 23.7. The Kier molecular flexibility index (Phi) is 15.6. The topological polar surface area (TPSA) is 166 Å². The predicted molar refractivity (Wildman–Crippen MR) is 247 cm³/mol. The lowest BCUT2D eigenvalue weighted by atomic mass is 9.78. The summed E-state index contributed by atoms with van der Waals surface area (Å²) in [5, 5.41) is 22.8. The number of rotatable bonds is 7. The van der Waals surface area contributed by atoms with Gasteiger partial charge in [0.1, 0.15) is 18.0 Å². The summed E-state index contributed by atoms with van der Waals surface area (Å²) in [6.07, 6.45) is 1.92. The molecule has 0 aliphatic carbocycles. The number of carbonyl (C=O) groups is 1. The number of carbonyl (C=O) groups excluding carboxylic acids is 1. The lowest BCUT2D eigenvalue weighted by molar-refractivity contribution is -0.276. The molecule has 64 heavy (non-hydrogen) atoms. The molecule has 7 aliphatic rings. The van der Waals surface area contributed by atoms with E-state index in [0.29, 0.717) is 32.1 Å². The van der Waals surface area contributed by atoms with Gasteiger partial charge in [0.25, 0.3) is 10.1 Å². The molecule has 7 aliphatic heterocycles. The number of ketones is 1. The second kappa shape index (κ2) is 20.3. The Bertz CT molecular complexity index is 1930. The van der Waals surface area contributed by atoms with Crippen LogP contribution in [0.5, 0.6) is 0 Å². The first-order chi connectivity index (χ1) is 30.4. The number of aliphatic hydroxyl groups excluding tert-OH is 2. The van der Waals surface area contributed by atoms with Crippen LogP contribution < -0.4 is 0 Å². The van der Waals surface area contributed by atoms with Gasteiger partial charge in [-0.3, -0.25) is 8.98 Å². The zero-order valence-electron chi connectivity index (χ0n) is 38.2. The van der Waals surface area contributed by atoms with Gasteiger partial charge in [-0.25, -0.2) is 0 Å². The molecule has 15 heteroatoms. The predicted octanol–water partition coefficient (Wildman–Crippen LogP) is 6.89. The van der Waals surface area contributed by atoms with Crippen molar-refractivity contribution in [3.05, 3.63) is 54.1 Å². The van der Waals surface area contributed by atoms with Gasteiger partial charge in [-0.2, -0.15) is 8.42 Å². The first kappa shape index (κ1) is 49.1. The van der Waals surface area contributed by atoms with E-state index < -0.39 is 52.8 Å². The van der Waals surface area contributed by atoms with Crippen LogP contribution in [0, 0.1) is 24.7 Å². The Balaban J connectivity index is 1.04. The summed E-state index contributed by atoms with van der Waals surface area (Å²) in [7, 11) is -2.52. The lowest BCUT2D eigenvalue weighted by Gasteiger charge is -2.54. The van der Waals surface area contributed by atoms with E-state index in [9.17, 15) is 23.4 Å². The smallest absolute Gasteiger partial charge is 0.297 e. The molecule has 0 amide bonds. The summed E-state index contributed by atoms with van der Waals surface area (Å²) >= 11 is 2.43. The molecule has 2 N–H and O–H groups in total. The largest absolute Gasteiger partial charge is 0.393 e. The third-order valence-electron chi connectivity index (χ3n) is 15.5. The summed E-state index contributed by atoms with van der Waals surface area (Å²) in [5.41, 5.74) is 2.36. The van der Waals surface area contributed by atoms with Crippen molar-refractivity contribution in [2.45, 2.75) is 211 Å². The van der Waals surface area contributed by atoms with Gasteiger partial charge in [0.05, 0.1) is 94.3 Å². The number of benzene rings is 1. The van der Waals surface area contributed by atoms with Gasteiger partial charge in [0, 0.05) is 51.0 Å². The van der Waals surface area contributed by atoms with Gasteiger partial charge in [-0.1, -0.05) is 67.3 Å². The number of hydrogen-bond donors (Lipinski definition) is 2. The number of fused-ring (bicyclic) bond motifs is 8. The van der Waals surface area contributed by atoms with Crippen molar-refractivity contribution in [2.75, 3.05) is 13.7 Å². The van der Waals surface area contributed by atoms with E-state index in [-0.39, 0.29) is 107 Å². The van der Waals surface area contributed by atoms with Crippen molar-refractivity contribution < 1.29 is 60.8 Å². The van der Waals surface area contributed by atoms with Crippen molar-refractivity contribution in [3.8, 4) is 0 Å². The number of hydrogen-bond acceptors (Lipinski definition) is 13. The summed E-state index contributed by atoms with van der Waals surface area (Å²) < 4.78 is 78.5. The molecule has 0 radical (unpaired) electrons. The Hall–Kier alpha value is -1.35. The Labute approximate surface area is 393 Å². The Morgan fingerprint density at radius 1 is 0.875 bits per heavy atom. The highest BCUT2D eigenvalue weighted by molar-refractivity contribution is 14.1. The van der Waals surface area contributed by atoms with E-state index in [0.717, 1.165) is 48.8 Å². The standard InChI is InChI=1S/C49H71IO13S/c1-26-8-12-36(13-9-26)64(54,55)57-25-32(52)22-43-46(56-7)37-21-31(51)20-34-11-15-40-47(60-34)48-44(50)45(62-40)30(5)38(53)24-49(6,63-48)17-16-35-19-28(3)39(58-35)14-10-33-18-27(2)29(4)41(59-33)23-42(37)61-43/h8-9,12-13,27,30,32-35,37-48,52-53H,3-4,10-11,14-25H2,1-2,5-7H3/t27-,30?,32?,33+,34?,35?,37?,38-,39+,40?,41-,42?,43-,44?,45+,46-,47+,48?,49+/m1/s1. The third-order valence-corrected chi connectivity index (χ3v) is 18.2. The van der Waals surface area contributed by atoms with E-state index in [2.05, 4.69) is 56.5 Å². The number of ether oxygens (including phenoxy) is 7. The minimum absolute atomic E-state index is 0.00206. The van der Waals surface area contributed by atoms with Gasteiger partial charge in [0.15, 0.2) is 0 Å². The first-order valence-corrected chi connectivity index (χ1v) is 26.4. The zero-order chi connectivity index (χ0) is 45.7. The SMILES string of the molecule is C=C1CC2CC[C@@]3(C)C[C@@H](O)C(C)[C@@H]4OC5CCC(CC(=O)CC6C(C[C@H]7O[C@@H](CC[C@@H]1O2)C[C@@H](C)C7=C)O[C@H](CC(O)COS(=O)(=O)c1ccc(C)cc1)[C@@H]6OC)O[C@@H]5C(O3)C4I. The molecule has 13 nitrogen and oxygen atoms in total. The summed E-state index contributed by atoms with van der Waals surface area (Å²) in [6, 6.07) is 6.34. The minimum atomic E-state index is -4.11. The van der Waals surface area contributed by atoms with E-state index in [4.69, 9.17) is 37.3 Å². The van der Waals surface area contributed by atoms with E-state index in [1.54, 1.807) is 19.2 Å². The molecular formula is C49H71IO13S. The van der Waals surface area contributed by atoms with Gasteiger partial charge >= 0.3 is 0 Å². The van der Waals surface area contributed by atoms with Crippen LogP contribution in [-0.4, -0.2) is 133 Å². The molecule has 0 aromatic heterocycles. The van der Waals surface area contributed by atoms with Crippen LogP contribution >= 0.6 is 22.6 Å². The molecule has 0 saturated carbocycles. The second-order valence-corrected chi connectivity index (χ2v) is 23.5. The van der Waals surface area contributed by atoms with Gasteiger partial charge < -0.3 is 43.4 Å². The molecule has 7 fully saturated rings. The minimum Gasteiger partial charge on any atom is -0.393 e. The van der Waals surface area contributed by atoms with Gasteiger partial charge in [0.2, 0.25) is 0 Å². The van der Waals surface area contributed by atoms with Crippen LogP contribution in [0.3, 0.4) is 0 Å². The average molecular weight is 1030 g/mol. The van der Waals surface area contributed by atoms with Crippen LogP contribution in [0.1, 0.15) is 110 Å². The molecule has 0 spiro atoms. The Morgan fingerprint density at radius 3 is 2.34 bits per heavy atom. The van der Waals surface area contributed by atoms with E-state index >= 15 is 0 Å². The normalized spacial score (nSPS) is 44.1. The fraction of sp³-hybridized carbons (Fsp3) is 0.776. The van der Waals surface area contributed by atoms with Crippen molar-refractivity contribution in [1.29, 1.82) is 0 Å². The van der Waals surface area contributed by atoms with Crippen LogP contribution in [0.15, 0.2) is 53.5 Å². The maximum absolute atomic E-state index is 14.4. The molecular weight excluding hydrogens is 955 g/mol. The number of methoxy groups -OCH3 is 1. The third kappa shape index (κ3) is 10.9. The molecule has 358 valence electrons. The zero-order valence-corrected chi connectivity index (χ0v) is 41.2. The highest BCUT2D eigenvalue weighted by Gasteiger charge is 2.55. The molecule has 7 heterocycles. The fourth-order valence-corrected chi connectivity index (χ4v) is 14.0. The molecule has 9 unspecified atom stereocenters. The Morgan fingerprint density at radius 2 is 1.59 bits per heavy atom. The molecule has 1 aromatic rings. The van der Waals surface area contributed by atoms with Crippen molar-refractivity contribution >= 4 is 38.5 Å². The van der Waals surface area contributed by atoms with Crippen LogP contribution in [-0.2, 0) is 52.3 Å². The summed E-state index contributed by atoms with van der Waals surface area (Å²) in [4.78, 5) is 14.4. The van der Waals surface area contributed by atoms with Gasteiger partial charge in [-0.15, -0.1) is 0 Å². The molecule has 1 aromatic carbocycles.